The van der Waals surface area contributed by atoms with Crippen molar-refractivity contribution in [1.82, 2.24) is 0 Å². The third-order valence-electron chi connectivity index (χ3n) is 7.45. The molecule has 0 amide bonds. The molecule has 0 aliphatic heterocycles. The van der Waals surface area contributed by atoms with Gasteiger partial charge in [0.2, 0.25) is 0 Å². The Hall–Kier alpha value is -0.889. The van der Waals surface area contributed by atoms with Crippen molar-refractivity contribution in [2.24, 2.45) is 0 Å². The Bertz CT molecular complexity index is 848. The van der Waals surface area contributed by atoms with Crippen molar-refractivity contribution in [3.8, 4) is 0 Å². The SMILES string of the molecule is [SiH2]=[Ti]([CH2]c1ccccc1)([CH]1C=CC2=C1CCCC2)[CH]1C=CC2=C1CCCC2. The first-order valence-electron chi connectivity index (χ1n) is 11.0. The maximum atomic E-state index is 2.67. The summed E-state index contributed by atoms with van der Waals surface area (Å²) < 4.78 is 2.99. The Kier molecular flexibility index (Phi) is 5.05. The van der Waals surface area contributed by atoms with Gasteiger partial charge < -0.3 is 0 Å². The van der Waals surface area contributed by atoms with Crippen LogP contribution in [-0.4, -0.2) is 7.63 Å². The summed E-state index contributed by atoms with van der Waals surface area (Å²) >= 11 is -2.26. The second kappa shape index (κ2) is 7.50. The molecule has 2 unspecified atom stereocenters. The van der Waals surface area contributed by atoms with Gasteiger partial charge in [-0.05, 0) is 0 Å². The molecule has 27 heavy (non-hydrogen) atoms. The van der Waals surface area contributed by atoms with Gasteiger partial charge in [0.25, 0.3) is 0 Å². The van der Waals surface area contributed by atoms with Gasteiger partial charge >= 0.3 is 170 Å². The van der Waals surface area contributed by atoms with Gasteiger partial charge in [-0.3, -0.25) is 0 Å². The van der Waals surface area contributed by atoms with E-state index in [1.807, 2.05) is 11.1 Å². The van der Waals surface area contributed by atoms with Crippen molar-refractivity contribution >= 4 is 7.63 Å². The van der Waals surface area contributed by atoms with Crippen LogP contribution in [-0.2, 0) is 20.1 Å². The molecule has 139 valence electrons. The number of hydrogen-bond acceptors (Lipinski definition) is 0. The molecule has 0 saturated heterocycles. The van der Waals surface area contributed by atoms with Gasteiger partial charge in [0.1, 0.15) is 0 Å². The fourth-order valence-electron chi connectivity index (χ4n) is 6.12. The van der Waals surface area contributed by atoms with E-state index >= 15 is 0 Å². The minimum atomic E-state index is -2.26. The van der Waals surface area contributed by atoms with E-state index in [0.29, 0.717) is 0 Å². The maximum absolute atomic E-state index is 2.67. The first-order valence-corrected chi connectivity index (χ1v) is 17.9. The summed E-state index contributed by atoms with van der Waals surface area (Å²) in [5, 5.41) is 0. The van der Waals surface area contributed by atoms with Gasteiger partial charge in [0, 0.05) is 0 Å². The van der Waals surface area contributed by atoms with E-state index in [4.69, 9.17) is 0 Å². The standard InChI is InChI=1S/2C9H11.C7H7.H2Si.Ti/c2*1-2-5-9-7-3-6-8(9)4-1;1-7-5-3-2-4-6-7;;/h2*3,6-7H,1-2,4-5H2;2-6H,1H2;1H2;. The zero-order chi connectivity index (χ0) is 18.3. The van der Waals surface area contributed by atoms with Gasteiger partial charge in [0.15, 0.2) is 0 Å². The monoisotopic (exact) mass is 407 g/mol. The molecule has 0 N–H and O–H groups in total. The molecule has 2 atom stereocenters. The van der Waals surface area contributed by atoms with Crippen molar-refractivity contribution in [1.29, 1.82) is 0 Å². The van der Waals surface area contributed by atoms with Crippen LogP contribution in [0.1, 0.15) is 56.9 Å². The second-order valence-electron chi connectivity index (χ2n) is 9.08. The molecule has 4 aliphatic carbocycles. The molecule has 2 heteroatoms. The fourth-order valence-corrected chi connectivity index (χ4v) is 18.0. The second-order valence-corrected chi connectivity index (χ2v) is 20.9. The van der Waals surface area contributed by atoms with E-state index in [-0.39, 0.29) is 0 Å². The van der Waals surface area contributed by atoms with E-state index in [0.717, 1.165) is 8.45 Å². The van der Waals surface area contributed by atoms with Crippen LogP contribution in [0.4, 0.5) is 0 Å². The molecule has 1 aromatic carbocycles. The first-order chi connectivity index (χ1) is 13.3. The van der Waals surface area contributed by atoms with Gasteiger partial charge in [-0.2, -0.15) is 0 Å². The van der Waals surface area contributed by atoms with Crippen molar-refractivity contribution in [3.05, 3.63) is 82.5 Å². The van der Waals surface area contributed by atoms with Crippen LogP contribution in [0.15, 0.2) is 76.9 Å². The summed E-state index contributed by atoms with van der Waals surface area (Å²) in [5.74, 6) is 0. The van der Waals surface area contributed by atoms with Crippen molar-refractivity contribution < 1.29 is 15.3 Å². The average Bonchev–Trinajstić information content (AvgIpc) is 3.34. The predicted octanol–water partition coefficient (Wildman–Crippen LogP) is 6.35. The zero-order valence-corrected chi connectivity index (χ0v) is 19.4. The number of hydrogen-bond donors (Lipinski definition) is 0. The van der Waals surface area contributed by atoms with Crippen LogP contribution in [0, 0.1) is 0 Å². The summed E-state index contributed by atoms with van der Waals surface area (Å²) in [6, 6.07) is 11.4. The van der Waals surface area contributed by atoms with E-state index in [1.54, 1.807) is 16.7 Å². The number of allylic oxidation sites excluding steroid dienone is 8. The molecule has 0 radical (unpaired) electrons. The molecular weight excluding hydrogens is 376 g/mol. The first kappa shape index (κ1) is 18.2. The molecule has 0 aromatic heterocycles. The van der Waals surface area contributed by atoms with Crippen LogP contribution in [0.5, 0.6) is 0 Å². The molecule has 0 fully saturated rings. The molecule has 0 bridgehead atoms. The van der Waals surface area contributed by atoms with Gasteiger partial charge in [0.05, 0.1) is 0 Å². The number of rotatable bonds is 4. The van der Waals surface area contributed by atoms with Crippen molar-refractivity contribution in [2.45, 2.75) is 64.5 Å². The van der Waals surface area contributed by atoms with Gasteiger partial charge in [-0.15, -0.1) is 0 Å². The molecule has 1 aromatic rings. The Morgan fingerprint density at radius 3 is 1.81 bits per heavy atom. The molecular formula is C25H31SiTi. The van der Waals surface area contributed by atoms with Crippen LogP contribution in [0.25, 0.3) is 0 Å². The van der Waals surface area contributed by atoms with Crippen LogP contribution in [0.3, 0.4) is 0 Å². The zero-order valence-electron chi connectivity index (χ0n) is 16.4. The molecule has 0 nitrogen and oxygen atoms in total. The summed E-state index contributed by atoms with van der Waals surface area (Å²) in [7, 11) is 2.51. The third kappa shape index (κ3) is 3.26. The predicted molar refractivity (Wildman–Crippen MR) is 115 cm³/mol. The molecule has 0 heterocycles. The molecule has 4 aliphatic rings. The number of benzene rings is 1. The molecule has 0 spiro atoms. The summed E-state index contributed by atoms with van der Waals surface area (Å²) in [6.45, 7) is 0. The van der Waals surface area contributed by atoms with Crippen molar-refractivity contribution in [3.63, 3.8) is 0 Å². The van der Waals surface area contributed by atoms with E-state index in [1.165, 1.54) is 56.1 Å². The summed E-state index contributed by atoms with van der Waals surface area (Å²) in [6.07, 6.45) is 21.5. The fraction of sp³-hybridized carbons (Fsp3) is 0.440. The Morgan fingerprint density at radius 1 is 0.741 bits per heavy atom. The topological polar surface area (TPSA) is 0 Å². The Morgan fingerprint density at radius 2 is 1.26 bits per heavy atom. The quantitative estimate of drug-likeness (QED) is 0.511. The van der Waals surface area contributed by atoms with Crippen LogP contribution >= 0.6 is 0 Å². The van der Waals surface area contributed by atoms with Crippen LogP contribution < -0.4 is 0 Å². The van der Waals surface area contributed by atoms with E-state index in [9.17, 15) is 0 Å². The van der Waals surface area contributed by atoms with Crippen molar-refractivity contribution in [2.75, 3.05) is 0 Å². The van der Waals surface area contributed by atoms with Gasteiger partial charge in [-0.25, -0.2) is 0 Å². The third-order valence-corrected chi connectivity index (χ3v) is 19.3. The summed E-state index contributed by atoms with van der Waals surface area (Å²) in [4.78, 5) is 0. The van der Waals surface area contributed by atoms with E-state index < -0.39 is 15.3 Å². The Balaban J connectivity index is 1.57. The Labute approximate surface area is 169 Å². The molecule has 0 saturated carbocycles. The van der Waals surface area contributed by atoms with Gasteiger partial charge in [-0.1, -0.05) is 0 Å². The van der Waals surface area contributed by atoms with Crippen LogP contribution in [0.2, 0.25) is 8.45 Å². The van der Waals surface area contributed by atoms with E-state index in [2.05, 4.69) is 62.3 Å². The molecule has 5 rings (SSSR count). The summed E-state index contributed by atoms with van der Waals surface area (Å²) in [5.41, 5.74) is 8.77. The minimum absolute atomic E-state index is 0.808. The average molecular weight is 407 g/mol. The normalized spacial score (nSPS) is 29.0.